The van der Waals surface area contributed by atoms with Crippen LogP contribution in [0.15, 0.2) is 60.7 Å². The van der Waals surface area contributed by atoms with Gasteiger partial charge < -0.3 is 9.47 Å². The van der Waals surface area contributed by atoms with Crippen molar-refractivity contribution in [3.63, 3.8) is 0 Å². The maximum atomic E-state index is 11.7. The molecule has 0 aliphatic carbocycles. The summed E-state index contributed by atoms with van der Waals surface area (Å²) in [5, 5.41) is 0. The smallest absolute Gasteiger partial charge is 0.337 e. The SMILES string of the molecule is COC(=O)c1ccc(-c2ccc(-c3ccc(C(=O)OC)cc3C)cc2)c(C)c1. The number of methoxy groups -OCH3 is 2. The summed E-state index contributed by atoms with van der Waals surface area (Å²) in [6, 6.07) is 19.3. The van der Waals surface area contributed by atoms with E-state index in [1.807, 2.05) is 38.1 Å². The van der Waals surface area contributed by atoms with E-state index >= 15 is 0 Å². The van der Waals surface area contributed by atoms with E-state index in [0.717, 1.165) is 33.4 Å². The second kappa shape index (κ2) is 8.09. The molecule has 0 saturated carbocycles. The highest BCUT2D eigenvalue weighted by Crippen LogP contribution is 2.29. The van der Waals surface area contributed by atoms with Crippen LogP contribution in [0.2, 0.25) is 0 Å². The minimum absolute atomic E-state index is 0.337. The highest BCUT2D eigenvalue weighted by atomic mass is 16.5. The molecule has 0 unspecified atom stereocenters. The largest absolute Gasteiger partial charge is 0.465 e. The Morgan fingerprint density at radius 2 is 0.964 bits per heavy atom. The Kier molecular flexibility index (Phi) is 5.59. The number of hydrogen-bond acceptors (Lipinski definition) is 4. The van der Waals surface area contributed by atoms with Crippen molar-refractivity contribution in [2.75, 3.05) is 14.2 Å². The Bertz CT molecular complexity index is 948. The lowest BCUT2D eigenvalue weighted by molar-refractivity contribution is 0.0592. The van der Waals surface area contributed by atoms with E-state index in [4.69, 9.17) is 9.47 Å². The van der Waals surface area contributed by atoms with Gasteiger partial charge in [-0.05, 0) is 71.5 Å². The van der Waals surface area contributed by atoms with Crippen LogP contribution in [0, 0.1) is 13.8 Å². The highest BCUT2D eigenvalue weighted by molar-refractivity contribution is 5.91. The van der Waals surface area contributed by atoms with E-state index < -0.39 is 0 Å². The van der Waals surface area contributed by atoms with Gasteiger partial charge in [-0.2, -0.15) is 0 Å². The Balaban J connectivity index is 1.90. The monoisotopic (exact) mass is 374 g/mol. The van der Waals surface area contributed by atoms with Crippen LogP contribution in [-0.2, 0) is 9.47 Å². The van der Waals surface area contributed by atoms with Gasteiger partial charge in [-0.3, -0.25) is 0 Å². The van der Waals surface area contributed by atoms with Gasteiger partial charge in [0.05, 0.1) is 25.3 Å². The molecule has 28 heavy (non-hydrogen) atoms. The van der Waals surface area contributed by atoms with E-state index in [9.17, 15) is 9.59 Å². The topological polar surface area (TPSA) is 52.6 Å². The lowest BCUT2D eigenvalue weighted by Gasteiger charge is -2.11. The van der Waals surface area contributed by atoms with Crippen molar-refractivity contribution in [2.24, 2.45) is 0 Å². The number of aryl methyl sites for hydroxylation is 2. The summed E-state index contributed by atoms with van der Waals surface area (Å²) in [5.74, 6) is -0.674. The molecule has 0 saturated heterocycles. The third kappa shape index (κ3) is 3.81. The van der Waals surface area contributed by atoms with Gasteiger partial charge in [0, 0.05) is 0 Å². The summed E-state index contributed by atoms with van der Waals surface area (Å²) in [5.41, 5.74) is 7.38. The van der Waals surface area contributed by atoms with Crippen LogP contribution in [0.1, 0.15) is 31.8 Å². The zero-order valence-electron chi connectivity index (χ0n) is 16.4. The average Bonchev–Trinajstić information content (AvgIpc) is 2.72. The van der Waals surface area contributed by atoms with Gasteiger partial charge in [0.25, 0.3) is 0 Å². The molecule has 3 rings (SSSR count). The molecule has 0 amide bonds. The maximum absolute atomic E-state index is 11.7. The minimum atomic E-state index is -0.337. The van der Waals surface area contributed by atoms with Gasteiger partial charge in [0.2, 0.25) is 0 Å². The molecule has 0 aromatic heterocycles. The molecule has 0 aliphatic heterocycles. The van der Waals surface area contributed by atoms with Gasteiger partial charge in [-0.15, -0.1) is 0 Å². The Morgan fingerprint density at radius 3 is 1.25 bits per heavy atom. The van der Waals surface area contributed by atoms with Gasteiger partial charge in [-0.25, -0.2) is 9.59 Å². The number of rotatable bonds is 4. The first-order chi connectivity index (χ1) is 13.4. The molecule has 3 aromatic carbocycles. The van der Waals surface area contributed by atoms with Gasteiger partial charge in [-0.1, -0.05) is 36.4 Å². The zero-order chi connectivity index (χ0) is 20.3. The second-order valence-corrected chi connectivity index (χ2v) is 6.62. The van der Waals surface area contributed by atoms with Gasteiger partial charge in [0.1, 0.15) is 0 Å². The summed E-state index contributed by atoms with van der Waals surface area (Å²) >= 11 is 0. The summed E-state index contributed by atoms with van der Waals surface area (Å²) in [6.45, 7) is 3.96. The van der Waals surface area contributed by atoms with E-state index in [1.165, 1.54) is 14.2 Å². The lowest BCUT2D eigenvalue weighted by Crippen LogP contribution is -2.01. The van der Waals surface area contributed by atoms with Crippen LogP contribution < -0.4 is 0 Å². The molecule has 0 atom stereocenters. The molecule has 3 aromatic rings. The number of hydrogen-bond donors (Lipinski definition) is 0. The lowest BCUT2D eigenvalue weighted by atomic mass is 9.94. The Labute approximate surface area is 164 Å². The van der Waals surface area contributed by atoms with Gasteiger partial charge in [0.15, 0.2) is 0 Å². The number of carbonyl (C=O) groups excluding carboxylic acids is 2. The molecular weight excluding hydrogens is 352 g/mol. The fraction of sp³-hybridized carbons (Fsp3) is 0.167. The fourth-order valence-electron chi connectivity index (χ4n) is 3.29. The van der Waals surface area contributed by atoms with Crippen LogP contribution in [0.5, 0.6) is 0 Å². The molecule has 0 N–H and O–H groups in total. The van der Waals surface area contributed by atoms with Crippen LogP contribution in [-0.4, -0.2) is 26.2 Å². The number of esters is 2. The number of carbonyl (C=O) groups is 2. The first-order valence-electron chi connectivity index (χ1n) is 8.93. The molecule has 0 radical (unpaired) electrons. The predicted molar refractivity (Wildman–Crippen MR) is 109 cm³/mol. The Hall–Kier alpha value is -3.40. The van der Waals surface area contributed by atoms with Crippen molar-refractivity contribution in [3.8, 4) is 22.3 Å². The molecule has 0 fully saturated rings. The average molecular weight is 374 g/mol. The number of ether oxygens (including phenoxy) is 2. The van der Waals surface area contributed by atoms with Gasteiger partial charge >= 0.3 is 11.9 Å². The van der Waals surface area contributed by atoms with Crippen LogP contribution in [0.25, 0.3) is 22.3 Å². The molecule has 0 spiro atoms. The predicted octanol–water partition coefficient (Wildman–Crippen LogP) is 5.21. The molecule has 0 heterocycles. The first kappa shape index (κ1) is 19.4. The highest BCUT2D eigenvalue weighted by Gasteiger charge is 2.11. The van der Waals surface area contributed by atoms with E-state index in [0.29, 0.717) is 11.1 Å². The third-order valence-corrected chi connectivity index (χ3v) is 4.80. The third-order valence-electron chi connectivity index (χ3n) is 4.80. The van der Waals surface area contributed by atoms with Crippen LogP contribution >= 0.6 is 0 Å². The first-order valence-corrected chi connectivity index (χ1v) is 8.93. The number of benzene rings is 3. The molecule has 0 bridgehead atoms. The maximum Gasteiger partial charge on any atom is 0.337 e. The standard InChI is InChI=1S/C24H22O4/c1-15-13-19(23(25)27-3)9-11-21(15)17-5-7-18(8-6-17)22-12-10-20(14-16(22)2)24(26)28-4/h5-14H,1-4H3. The van der Waals surface area contributed by atoms with E-state index in [2.05, 4.69) is 24.3 Å². The normalized spacial score (nSPS) is 10.4. The second-order valence-electron chi connectivity index (χ2n) is 6.62. The minimum Gasteiger partial charge on any atom is -0.465 e. The van der Waals surface area contributed by atoms with E-state index in [-0.39, 0.29) is 11.9 Å². The van der Waals surface area contributed by atoms with Crippen molar-refractivity contribution in [1.82, 2.24) is 0 Å². The van der Waals surface area contributed by atoms with Crippen molar-refractivity contribution in [3.05, 3.63) is 82.9 Å². The summed E-state index contributed by atoms with van der Waals surface area (Å²) in [6.07, 6.45) is 0. The molecule has 4 heteroatoms. The molecule has 4 nitrogen and oxygen atoms in total. The molecular formula is C24H22O4. The summed E-state index contributed by atoms with van der Waals surface area (Å²) in [4.78, 5) is 23.4. The van der Waals surface area contributed by atoms with Crippen LogP contribution in [0.3, 0.4) is 0 Å². The summed E-state index contributed by atoms with van der Waals surface area (Å²) in [7, 11) is 2.76. The molecule has 142 valence electrons. The van der Waals surface area contributed by atoms with Crippen molar-refractivity contribution in [1.29, 1.82) is 0 Å². The Morgan fingerprint density at radius 1 is 0.607 bits per heavy atom. The fourth-order valence-corrected chi connectivity index (χ4v) is 3.29. The van der Waals surface area contributed by atoms with Crippen molar-refractivity contribution < 1.29 is 19.1 Å². The van der Waals surface area contributed by atoms with E-state index in [1.54, 1.807) is 12.1 Å². The zero-order valence-corrected chi connectivity index (χ0v) is 16.4. The van der Waals surface area contributed by atoms with Crippen molar-refractivity contribution >= 4 is 11.9 Å². The quantitative estimate of drug-likeness (QED) is 0.588. The molecule has 0 aliphatic rings. The van der Waals surface area contributed by atoms with Crippen LogP contribution in [0.4, 0.5) is 0 Å². The summed E-state index contributed by atoms with van der Waals surface area (Å²) < 4.78 is 9.55. The van der Waals surface area contributed by atoms with Crippen molar-refractivity contribution in [2.45, 2.75) is 13.8 Å².